The molecular weight excluding hydrogens is 300 g/mol. The van der Waals surface area contributed by atoms with Gasteiger partial charge < -0.3 is 4.74 Å². The Morgan fingerprint density at radius 3 is 2.33 bits per heavy atom. The molecule has 0 radical (unpaired) electrons. The van der Waals surface area contributed by atoms with Crippen molar-refractivity contribution in [1.29, 1.82) is 0 Å². The maximum Gasteiger partial charge on any atom is 0.148 e. The van der Waals surface area contributed by atoms with Gasteiger partial charge in [0.05, 0.1) is 18.5 Å². The molecule has 0 aliphatic heterocycles. The van der Waals surface area contributed by atoms with Gasteiger partial charge in [-0.15, -0.1) is 0 Å². The average molecular weight is 318 g/mol. The first-order chi connectivity index (χ1) is 11.7. The fraction of sp³-hybridized carbons (Fsp3) is 0.158. The van der Waals surface area contributed by atoms with Gasteiger partial charge in [-0.1, -0.05) is 30.3 Å². The molecule has 0 amide bonds. The van der Waals surface area contributed by atoms with Crippen LogP contribution in [0, 0.1) is 6.92 Å². The fourth-order valence-electron chi connectivity index (χ4n) is 2.47. The van der Waals surface area contributed by atoms with Crippen molar-refractivity contribution in [1.82, 2.24) is 0 Å². The lowest BCUT2D eigenvalue weighted by molar-refractivity contribution is 0.416. The predicted octanol–water partition coefficient (Wildman–Crippen LogP) is 6.29. The third-order valence-corrected chi connectivity index (χ3v) is 3.71. The summed E-state index contributed by atoms with van der Waals surface area (Å²) in [4.78, 5) is 0. The zero-order chi connectivity index (χ0) is 16.9. The van der Waals surface area contributed by atoms with Crippen molar-refractivity contribution in [3.05, 3.63) is 60.2 Å². The van der Waals surface area contributed by atoms with Crippen molar-refractivity contribution >= 4 is 27.8 Å². The van der Waals surface area contributed by atoms with Crippen LogP contribution in [0.4, 0.5) is 17.1 Å². The molecule has 120 valence electrons. The molecule has 5 heteroatoms. The minimum absolute atomic E-state index is 0.624. The molecular formula is C19H18N4O. The van der Waals surface area contributed by atoms with Gasteiger partial charge in [0.2, 0.25) is 0 Å². The Labute approximate surface area is 140 Å². The van der Waals surface area contributed by atoms with E-state index in [4.69, 9.17) is 4.74 Å². The molecule has 3 aromatic carbocycles. The van der Waals surface area contributed by atoms with E-state index < -0.39 is 0 Å². The minimum Gasteiger partial charge on any atom is -0.494 e. The summed E-state index contributed by atoms with van der Waals surface area (Å²) >= 11 is 0. The molecule has 5 nitrogen and oxygen atoms in total. The summed E-state index contributed by atoms with van der Waals surface area (Å²) in [5, 5.41) is 18.9. The summed E-state index contributed by atoms with van der Waals surface area (Å²) in [5.74, 6) is 0.624. The van der Waals surface area contributed by atoms with Crippen LogP contribution in [0.3, 0.4) is 0 Å². The molecule has 0 aromatic heterocycles. The molecule has 0 unspecified atom stereocenters. The SMILES string of the molecule is C/N=N/c1cc(C)c(/N=N/c2ccc3ccccc3c2)cc1OC. The van der Waals surface area contributed by atoms with Gasteiger partial charge in [0.1, 0.15) is 11.4 Å². The second-order valence-corrected chi connectivity index (χ2v) is 5.34. The van der Waals surface area contributed by atoms with Gasteiger partial charge in [0, 0.05) is 13.1 Å². The summed E-state index contributed by atoms with van der Waals surface area (Å²) in [7, 11) is 3.23. The van der Waals surface area contributed by atoms with E-state index in [1.807, 2.05) is 49.4 Å². The summed E-state index contributed by atoms with van der Waals surface area (Å²) in [6.45, 7) is 1.96. The molecule has 0 aliphatic carbocycles. The summed E-state index contributed by atoms with van der Waals surface area (Å²) < 4.78 is 5.35. The van der Waals surface area contributed by atoms with Gasteiger partial charge in [-0.05, 0) is 41.5 Å². The van der Waals surface area contributed by atoms with Crippen molar-refractivity contribution in [3.8, 4) is 5.75 Å². The second kappa shape index (κ2) is 7.00. The van der Waals surface area contributed by atoms with Crippen LogP contribution in [0.5, 0.6) is 5.75 Å². The van der Waals surface area contributed by atoms with Crippen LogP contribution in [0.2, 0.25) is 0 Å². The van der Waals surface area contributed by atoms with Crippen LogP contribution in [-0.2, 0) is 0 Å². The molecule has 0 bridgehead atoms. The van der Waals surface area contributed by atoms with Crippen molar-refractivity contribution in [3.63, 3.8) is 0 Å². The van der Waals surface area contributed by atoms with Crippen LogP contribution in [-0.4, -0.2) is 14.2 Å². The number of rotatable bonds is 4. The zero-order valence-corrected chi connectivity index (χ0v) is 13.9. The Morgan fingerprint density at radius 2 is 1.58 bits per heavy atom. The lowest BCUT2D eigenvalue weighted by Gasteiger charge is -2.07. The van der Waals surface area contributed by atoms with E-state index in [0.717, 1.165) is 22.3 Å². The number of methoxy groups -OCH3 is 1. The van der Waals surface area contributed by atoms with E-state index in [1.54, 1.807) is 14.2 Å². The number of azo groups is 2. The summed E-state index contributed by atoms with van der Waals surface area (Å²) in [6.07, 6.45) is 0. The summed E-state index contributed by atoms with van der Waals surface area (Å²) in [6, 6.07) is 17.9. The Balaban J connectivity index is 1.95. The molecule has 0 heterocycles. The maximum atomic E-state index is 5.35. The molecule has 0 atom stereocenters. The number of hydrogen-bond acceptors (Lipinski definition) is 5. The van der Waals surface area contributed by atoms with Crippen LogP contribution in [0.1, 0.15) is 5.56 Å². The molecule has 24 heavy (non-hydrogen) atoms. The molecule has 0 fully saturated rings. The predicted molar refractivity (Wildman–Crippen MR) is 96.3 cm³/mol. The highest BCUT2D eigenvalue weighted by molar-refractivity contribution is 5.85. The van der Waals surface area contributed by atoms with Crippen LogP contribution < -0.4 is 4.74 Å². The van der Waals surface area contributed by atoms with Gasteiger partial charge in [0.15, 0.2) is 0 Å². The van der Waals surface area contributed by atoms with Crippen LogP contribution in [0.15, 0.2) is 75.1 Å². The normalized spacial score (nSPS) is 11.6. The monoisotopic (exact) mass is 318 g/mol. The minimum atomic E-state index is 0.624. The van der Waals surface area contributed by atoms with Crippen molar-refractivity contribution in [2.75, 3.05) is 14.2 Å². The Kier molecular flexibility index (Phi) is 4.61. The highest BCUT2D eigenvalue weighted by Gasteiger charge is 2.07. The van der Waals surface area contributed by atoms with Gasteiger partial charge in [0.25, 0.3) is 0 Å². The quantitative estimate of drug-likeness (QED) is 0.522. The molecule has 3 aromatic rings. The fourth-order valence-corrected chi connectivity index (χ4v) is 2.47. The smallest absolute Gasteiger partial charge is 0.148 e. The summed E-state index contributed by atoms with van der Waals surface area (Å²) in [5.41, 5.74) is 3.20. The standard InChI is InChI=1S/C19H18N4O/c1-13-10-18(22-20-2)19(24-3)12-17(13)23-21-16-9-8-14-6-4-5-7-15(14)11-16/h4-12H,1-3H3/b22-20+,23-21+. The van der Waals surface area contributed by atoms with Crippen LogP contribution >= 0.6 is 0 Å². The van der Waals surface area contributed by atoms with Gasteiger partial charge in [-0.2, -0.15) is 20.5 Å². The molecule has 0 N–H and O–H groups in total. The average Bonchev–Trinajstić information content (AvgIpc) is 2.61. The molecule has 3 rings (SSSR count). The third kappa shape index (κ3) is 3.30. The largest absolute Gasteiger partial charge is 0.494 e. The van der Waals surface area contributed by atoms with E-state index in [0.29, 0.717) is 11.4 Å². The van der Waals surface area contributed by atoms with E-state index >= 15 is 0 Å². The van der Waals surface area contributed by atoms with Gasteiger partial charge in [-0.25, -0.2) is 0 Å². The van der Waals surface area contributed by atoms with Gasteiger partial charge >= 0.3 is 0 Å². The Hall–Kier alpha value is -3.08. The van der Waals surface area contributed by atoms with Crippen LogP contribution in [0.25, 0.3) is 10.8 Å². The highest BCUT2D eigenvalue weighted by Crippen LogP contribution is 2.35. The molecule has 0 aliphatic rings. The number of aryl methyl sites for hydroxylation is 1. The molecule has 0 saturated heterocycles. The number of ether oxygens (including phenoxy) is 1. The highest BCUT2D eigenvalue weighted by atomic mass is 16.5. The lowest BCUT2D eigenvalue weighted by Crippen LogP contribution is -1.85. The van der Waals surface area contributed by atoms with E-state index in [9.17, 15) is 0 Å². The zero-order valence-electron chi connectivity index (χ0n) is 13.9. The number of hydrogen-bond donors (Lipinski definition) is 0. The Morgan fingerprint density at radius 1 is 0.792 bits per heavy atom. The number of fused-ring (bicyclic) bond motifs is 1. The number of benzene rings is 3. The maximum absolute atomic E-state index is 5.35. The van der Waals surface area contributed by atoms with Gasteiger partial charge in [-0.3, -0.25) is 0 Å². The second-order valence-electron chi connectivity index (χ2n) is 5.34. The van der Waals surface area contributed by atoms with Crippen molar-refractivity contribution < 1.29 is 4.74 Å². The molecule has 0 spiro atoms. The van der Waals surface area contributed by atoms with E-state index in [2.05, 4.69) is 32.6 Å². The first-order valence-corrected chi connectivity index (χ1v) is 7.60. The Bertz CT molecular complexity index is 932. The lowest BCUT2D eigenvalue weighted by atomic mass is 10.1. The first-order valence-electron chi connectivity index (χ1n) is 7.60. The van der Waals surface area contributed by atoms with Crippen molar-refractivity contribution in [2.45, 2.75) is 6.92 Å². The number of nitrogens with zero attached hydrogens (tertiary/aromatic N) is 4. The van der Waals surface area contributed by atoms with E-state index in [1.165, 1.54) is 5.39 Å². The first kappa shape index (κ1) is 15.8. The topological polar surface area (TPSA) is 58.7 Å². The third-order valence-electron chi connectivity index (χ3n) is 3.71. The molecule has 0 saturated carbocycles. The van der Waals surface area contributed by atoms with E-state index in [-0.39, 0.29) is 0 Å². The van der Waals surface area contributed by atoms with Crippen molar-refractivity contribution in [2.24, 2.45) is 20.5 Å².